The maximum Gasteiger partial charge on any atom is 0.267 e. The van der Waals surface area contributed by atoms with Crippen LogP contribution in [-0.4, -0.2) is 23.6 Å². The lowest BCUT2D eigenvalue weighted by atomic mass is 10.3. The Bertz CT molecular complexity index is 293. The van der Waals surface area contributed by atoms with Gasteiger partial charge in [0, 0.05) is 19.3 Å². The standard InChI is InChI=1S/C10H17N3O/c1-2-13-8-3-5-9(13)10(14)12-7-4-6-11/h3,5,8H,2,4,6-7,11H2,1H3,(H,12,14). The Morgan fingerprint density at radius 2 is 2.43 bits per heavy atom. The Morgan fingerprint density at radius 1 is 1.64 bits per heavy atom. The van der Waals surface area contributed by atoms with Crippen LogP contribution in [0.25, 0.3) is 0 Å². The lowest BCUT2D eigenvalue weighted by Crippen LogP contribution is -2.27. The highest BCUT2D eigenvalue weighted by atomic mass is 16.1. The van der Waals surface area contributed by atoms with Crippen LogP contribution in [0.4, 0.5) is 0 Å². The molecule has 1 heterocycles. The van der Waals surface area contributed by atoms with Gasteiger partial charge in [-0.15, -0.1) is 0 Å². The number of nitrogens with two attached hydrogens (primary N) is 1. The van der Waals surface area contributed by atoms with Crippen LogP contribution in [0, 0.1) is 0 Å². The minimum Gasteiger partial charge on any atom is -0.351 e. The second-order valence-electron chi connectivity index (χ2n) is 3.08. The summed E-state index contributed by atoms with van der Waals surface area (Å²) >= 11 is 0. The molecule has 1 rings (SSSR count). The van der Waals surface area contributed by atoms with Gasteiger partial charge in [-0.05, 0) is 32.0 Å². The Kier molecular flexibility index (Phi) is 4.19. The highest BCUT2D eigenvalue weighted by Crippen LogP contribution is 2.01. The fourth-order valence-electron chi connectivity index (χ4n) is 1.29. The Labute approximate surface area is 84.1 Å². The number of rotatable bonds is 5. The van der Waals surface area contributed by atoms with Crippen LogP contribution in [0.1, 0.15) is 23.8 Å². The predicted octanol–water partition coefficient (Wildman–Crippen LogP) is 0.587. The van der Waals surface area contributed by atoms with Crippen molar-refractivity contribution in [3.8, 4) is 0 Å². The fraction of sp³-hybridized carbons (Fsp3) is 0.500. The molecular weight excluding hydrogens is 178 g/mol. The SMILES string of the molecule is CCn1cccc1C(=O)NCCCN. The van der Waals surface area contributed by atoms with E-state index in [1.807, 2.05) is 29.8 Å². The topological polar surface area (TPSA) is 60.0 Å². The first-order valence-electron chi connectivity index (χ1n) is 4.93. The Hall–Kier alpha value is -1.29. The molecule has 0 bridgehead atoms. The number of nitrogens with zero attached hydrogens (tertiary/aromatic N) is 1. The molecule has 0 fully saturated rings. The fourth-order valence-corrected chi connectivity index (χ4v) is 1.29. The molecule has 0 aromatic carbocycles. The smallest absolute Gasteiger partial charge is 0.267 e. The van der Waals surface area contributed by atoms with Gasteiger partial charge in [0.1, 0.15) is 5.69 Å². The molecule has 14 heavy (non-hydrogen) atoms. The van der Waals surface area contributed by atoms with Crippen LogP contribution in [0.5, 0.6) is 0 Å². The first kappa shape index (κ1) is 10.8. The molecular formula is C10H17N3O. The first-order chi connectivity index (χ1) is 6.79. The number of hydrogen-bond acceptors (Lipinski definition) is 2. The van der Waals surface area contributed by atoms with Crippen molar-refractivity contribution in [1.29, 1.82) is 0 Å². The van der Waals surface area contributed by atoms with Crippen molar-refractivity contribution >= 4 is 5.91 Å². The summed E-state index contributed by atoms with van der Waals surface area (Å²) in [6.07, 6.45) is 2.72. The number of aryl methyl sites for hydroxylation is 1. The van der Waals surface area contributed by atoms with E-state index in [1.54, 1.807) is 0 Å². The lowest BCUT2D eigenvalue weighted by Gasteiger charge is -2.06. The lowest BCUT2D eigenvalue weighted by molar-refractivity contribution is 0.0944. The molecule has 78 valence electrons. The summed E-state index contributed by atoms with van der Waals surface area (Å²) in [5.41, 5.74) is 6.05. The van der Waals surface area contributed by atoms with Crippen molar-refractivity contribution in [2.75, 3.05) is 13.1 Å². The predicted molar refractivity (Wildman–Crippen MR) is 56.1 cm³/mol. The molecule has 0 aliphatic carbocycles. The van der Waals surface area contributed by atoms with E-state index < -0.39 is 0 Å². The highest BCUT2D eigenvalue weighted by molar-refractivity contribution is 5.92. The monoisotopic (exact) mass is 195 g/mol. The molecule has 0 spiro atoms. The van der Waals surface area contributed by atoms with Crippen molar-refractivity contribution in [3.63, 3.8) is 0 Å². The van der Waals surface area contributed by atoms with Gasteiger partial charge in [-0.2, -0.15) is 0 Å². The maximum absolute atomic E-state index is 11.6. The number of amides is 1. The number of carbonyl (C=O) groups excluding carboxylic acids is 1. The summed E-state index contributed by atoms with van der Waals surface area (Å²) in [5.74, 6) is -0.0229. The van der Waals surface area contributed by atoms with Crippen molar-refractivity contribution < 1.29 is 4.79 Å². The molecule has 0 aliphatic rings. The molecule has 4 heteroatoms. The number of aromatic nitrogens is 1. The Morgan fingerprint density at radius 3 is 3.07 bits per heavy atom. The Balaban J connectivity index is 2.51. The minimum atomic E-state index is -0.0229. The summed E-state index contributed by atoms with van der Waals surface area (Å²) in [6, 6.07) is 3.70. The molecule has 1 aromatic rings. The van der Waals surface area contributed by atoms with Gasteiger partial charge in [-0.1, -0.05) is 0 Å². The molecule has 4 nitrogen and oxygen atoms in total. The summed E-state index contributed by atoms with van der Waals surface area (Å²) in [7, 11) is 0. The van der Waals surface area contributed by atoms with Crippen LogP contribution in [-0.2, 0) is 6.54 Å². The molecule has 3 N–H and O–H groups in total. The van der Waals surface area contributed by atoms with Gasteiger partial charge in [0.2, 0.25) is 0 Å². The first-order valence-corrected chi connectivity index (χ1v) is 4.93. The van der Waals surface area contributed by atoms with E-state index >= 15 is 0 Å². The van der Waals surface area contributed by atoms with Crippen molar-refractivity contribution in [2.45, 2.75) is 19.9 Å². The quantitative estimate of drug-likeness (QED) is 0.675. The van der Waals surface area contributed by atoms with Crippen LogP contribution < -0.4 is 11.1 Å². The summed E-state index contributed by atoms with van der Waals surface area (Å²) in [4.78, 5) is 11.6. The largest absolute Gasteiger partial charge is 0.351 e. The number of hydrogen-bond donors (Lipinski definition) is 2. The van der Waals surface area contributed by atoms with Crippen LogP contribution >= 0.6 is 0 Å². The van der Waals surface area contributed by atoms with Gasteiger partial charge in [0.05, 0.1) is 0 Å². The normalized spacial score (nSPS) is 10.1. The van der Waals surface area contributed by atoms with Gasteiger partial charge in [-0.25, -0.2) is 0 Å². The summed E-state index contributed by atoms with van der Waals surface area (Å²) in [5, 5.41) is 2.82. The molecule has 0 radical (unpaired) electrons. The molecule has 1 amide bonds. The average molecular weight is 195 g/mol. The van der Waals surface area contributed by atoms with Crippen molar-refractivity contribution in [2.24, 2.45) is 5.73 Å². The molecule has 0 unspecified atom stereocenters. The number of carbonyl (C=O) groups is 1. The van der Waals surface area contributed by atoms with Gasteiger partial charge in [0.15, 0.2) is 0 Å². The van der Waals surface area contributed by atoms with Crippen LogP contribution in [0.15, 0.2) is 18.3 Å². The average Bonchev–Trinajstić information content (AvgIpc) is 2.65. The third kappa shape index (κ3) is 2.60. The van der Waals surface area contributed by atoms with Crippen LogP contribution in [0.2, 0.25) is 0 Å². The minimum absolute atomic E-state index is 0.0229. The van der Waals surface area contributed by atoms with Crippen molar-refractivity contribution in [3.05, 3.63) is 24.0 Å². The maximum atomic E-state index is 11.6. The third-order valence-corrected chi connectivity index (χ3v) is 2.07. The summed E-state index contributed by atoms with van der Waals surface area (Å²) in [6.45, 7) is 4.07. The highest BCUT2D eigenvalue weighted by Gasteiger charge is 2.07. The van der Waals surface area contributed by atoms with E-state index in [1.165, 1.54) is 0 Å². The van der Waals surface area contributed by atoms with Gasteiger partial charge in [-0.3, -0.25) is 4.79 Å². The van der Waals surface area contributed by atoms with E-state index in [9.17, 15) is 4.79 Å². The molecule has 0 atom stereocenters. The van der Waals surface area contributed by atoms with E-state index in [-0.39, 0.29) is 5.91 Å². The van der Waals surface area contributed by atoms with Gasteiger partial charge < -0.3 is 15.6 Å². The van der Waals surface area contributed by atoms with Crippen molar-refractivity contribution in [1.82, 2.24) is 9.88 Å². The molecule has 1 aromatic heterocycles. The molecule has 0 saturated carbocycles. The zero-order valence-corrected chi connectivity index (χ0v) is 8.49. The van der Waals surface area contributed by atoms with Gasteiger partial charge in [0.25, 0.3) is 5.91 Å². The second-order valence-corrected chi connectivity index (χ2v) is 3.08. The van der Waals surface area contributed by atoms with Gasteiger partial charge >= 0.3 is 0 Å². The third-order valence-electron chi connectivity index (χ3n) is 2.07. The van der Waals surface area contributed by atoms with E-state index in [0.29, 0.717) is 18.8 Å². The van der Waals surface area contributed by atoms with E-state index in [2.05, 4.69) is 5.32 Å². The number of nitrogens with one attached hydrogen (secondary N) is 1. The zero-order valence-electron chi connectivity index (χ0n) is 8.49. The second kappa shape index (κ2) is 5.44. The van der Waals surface area contributed by atoms with Crippen LogP contribution in [0.3, 0.4) is 0 Å². The molecule has 0 saturated heterocycles. The van der Waals surface area contributed by atoms with E-state index in [4.69, 9.17) is 5.73 Å². The van der Waals surface area contributed by atoms with E-state index in [0.717, 1.165) is 13.0 Å². The zero-order chi connectivity index (χ0) is 10.4. The molecule has 0 aliphatic heterocycles. The summed E-state index contributed by atoms with van der Waals surface area (Å²) < 4.78 is 1.91.